The summed E-state index contributed by atoms with van der Waals surface area (Å²) in [6.45, 7) is 9.93. The number of carbonyl (C=O) groups is 1. The van der Waals surface area contributed by atoms with Gasteiger partial charge in [0.25, 0.3) is 0 Å². The fraction of sp³-hybridized carbons (Fsp3) is 0.938. The van der Waals surface area contributed by atoms with Gasteiger partial charge in [0.15, 0.2) is 9.84 Å². The molecule has 0 heterocycles. The third-order valence-corrected chi connectivity index (χ3v) is 6.51. The number of hydrogen-bond acceptors (Lipinski definition) is 5. The van der Waals surface area contributed by atoms with E-state index < -0.39 is 26.3 Å². The van der Waals surface area contributed by atoms with E-state index in [1.807, 2.05) is 20.8 Å². The maximum Gasteiger partial charge on any atom is 0.407 e. The van der Waals surface area contributed by atoms with Crippen molar-refractivity contribution < 1.29 is 17.9 Å². The molecule has 1 fully saturated rings. The topological polar surface area (TPSA) is 84.5 Å². The lowest BCUT2D eigenvalue weighted by atomic mass is 10.0. The third-order valence-electron chi connectivity index (χ3n) is 4.36. The number of carbonyl (C=O) groups excluding carboxylic acids is 1. The molecule has 0 bridgehead atoms. The van der Waals surface area contributed by atoms with Crippen LogP contribution in [-0.2, 0) is 14.6 Å². The van der Waals surface area contributed by atoms with E-state index in [-0.39, 0.29) is 6.04 Å². The standard InChI is InChI=1S/C16H32N2O4S/c1-15(2,3)22-14(19)17-10-12-8-7-9-13(12)18-11-16(4,5)23(6,20)21/h12-13,18H,7-11H2,1-6H3,(H,17,19). The SMILES string of the molecule is CC(C)(C)OC(=O)NCC1CCCC1NCC(C)(C)S(C)(=O)=O. The quantitative estimate of drug-likeness (QED) is 0.768. The maximum absolute atomic E-state index is 11.8. The van der Waals surface area contributed by atoms with Crippen molar-refractivity contribution in [1.82, 2.24) is 10.6 Å². The Morgan fingerprint density at radius 3 is 2.30 bits per heavy atom. The zero-order valence-electron chi connectivity index (χ0n) is 15.2. The van der Waals surface area contributed by atoms with Crippen LogP contribution in [0.5, 0.6) is 0 Å². The molecule has 1 aliphatic rings. The van der Waals surface area contributed by atoms with Crippen molar-refractivity contribution in [2.75, 3.05) is 19.3 Å². The molecule has 0 aromatic heterocycles. The second-order valence-corrected chi connectivity index (χ2v) is 10.7. The molecule has 23 heavy (non-hydrogen) atoms. The van der Waals surface area contributed by atoms with E-state index in [2.05, 4.69) is 10.6 Å². The minimum Gasteiger partial charge on any atom is -0.444 e. The van der Waals surface area contributed by atoms with Gasteiger partial charge in [0.2, 0.25) is 0 Å². The lowest BCUT2D eigenvalue weighted by molar-refractivity contribution is 0.0517. The van der Waals surface area contributed by atoms with E-state index in [0.717, 1.165) is 19.3 Å². The van der Waals surface area contributed by atoms with Crippen molar-refractivity contribution in [1.29, 1.82) is 0 Å². The highest BCUT2D eigenvalue weighted by Crippen LogP contribution is 2.26. The van der Waals surface area contributed by atoms with E-state index in [1.165, 1.54) is 6.26 Å². The summed E-state index contributed by atoms with van der Waals surface area (Å²) >= 11 is 0. The predicted octanol–water partition coefficient (Wildman–Crippen LogP) is 2.09. The van der Waals surface area contributed by atoms with Gasteiger partial charge >= 0.3 is 6.09 Å². The lowest BCUT2D eigenvalue weighted by Gasteiger charge is -2.28. The van der Waals surface area contributed by atoms with Crippen molar-refractivity contribution >= 4 is 15.9 Å². The largest absolute Gasteiger partial charge is 0.444 e. The molecule has 2 atom stereocenters. The molecule has 6 nitrogen and oxygen atoms in total. The van der Waals surface area contributed by atoms with E-state index in [1.54, 1.807) is 13.8 Å². The Hall–Kier alpha value is -0.820. The van der Waals surface area contributed by atoms with Gasteiger partial charge in [0, 0.05) is 25.4 Å². The van der Waals surface area contributed by atoms with E-state index in [0.29, 0.717) is 19.0 Å². The van der Waals surface area contributed by atoms with Crippen molar-refractivity contribution in [3.63, 3.8) is 0 Å². The molecule has 0 radical (unpaired) electrons. The van der Waals surface area contributed by atoms with Crippen LogP contribution in [0.4, 0.5) is 4.79 Å². The molecule has 0 aromatic carbocycles. The van der Waals surface area contributed by atoms with Gasteiger partial charge in [-0.15, -0.1) is 0 Å². The predicted molar refractivity (Wildman–Crippen MR) is 92.3 cm³/mol. The van der Waals surface area contributed by atoms with E-state index in [4.69, 9.17) is 4.74 Å². The average molecular weight is 349 g/mol. The molecule has 1 amide bonds. The Kier molecular flexibility index (Phi) is 6.49. The fourth-order valence-electron chi connectivity index (χ4n) is 2.59. The third kappa shape index (κ3) is 6.67. The van der Waals surface area contributed by atoms with Gasteiger partial charge in [0.1, 0.15) is 5.60 Å². The molecule has 1 saturated carbocycles. The zero-order chi connectivity index (χ0) is 17.9. The van der Waals surface area contributed by atoms with Crippen LogP contribution in [0.2, 0.25) is 0 Å². The summed E-state index contributed by atoms with van der Waals surface area (Å²) in [6, 6.07) is 0.228. The number of sulfone groups is 1. The van der Waals surface area contributed by atoms with Gasteiger partial charge in [-0.1, -0.05) is 6.42 Å². The summed E-state index contributed by atoms with van der Waals surface area (Å²) < 4.78 is 28.0. The van der Waals surface area contributed by atoms with Crippen LogP contribution in [0.3, 0.4) is 0 Å². The van der Waals surface area contributed by atoms with Gasteiger partial charge in [0.05, 0.1) is 4.75 Å². The first kappa shape index (κ1) is 20.2. The lowest BCUT2D eigenvalue weighted by Crippen LogP contribution is -2.48. The molecule has 0 aromatic rings. The average Bonchev–Trinajstić information content (AvgIpc) is 2.78. The van der Waals surface area contributed by atoms with Crippen LogP contribution in [0, 0.1) is 5.92 Å². The summed E-state index contributed by atoms with van der Waals surface area (Å²) in [5.41, 5.74) is -0.503. The first-order valence-corrected chi connectivity index (χ1v) is 10.1. The van der Waals surface area contributed by atoms with Gasteiger partial charge in [-0.3, -0.25) is 0 Å². The fourth-order valence-corrected chi connectivity index (χ4v) is 2.93. The van der Waals surface area contributed by atoms with Gasteiger partial charge in [-0.25, -0.2) is 13.2 Å². The first-order chi connectivity index (χ1) is 10.3. The molecular formula is C16H32N2O4S. The first-order valence-electron chi connectivity index (χ1n) is 8.22. The summed E-state index contributed by atoms with van der Waals surface area (Å²) in [5.74, 6) is 0.304. The number of alkyl carbamates (subject to hydrolysis) is 1. The Morgan fingerprint density at radius 1 is 1.17 bits per heavy atom. The molecule has 0 aliphatic heterocycles. The molecule has 2 N–H and O–H groups in total. The van der Waals surface area contributed by atoms with Crippen LogP contribution < -0.4 is 10.6 Å². The molecular weight excluding hydrogens is 316 g/mol. The van der Waals surface area contributed by atoms with Gasteiger partial charge in [-0.2, -0.15) is 0 Å². The van der Waals surface area contributed by atoms with Crippen LogP contribution in [-0.4, -0.2) is 50.2 Å². The van der Waals surface area contributed by atoms with Gasteiger partial charge < -0.3 is 15.4 Å². The summed E-state index contributed by atoms with van der Waals surface area (Å²) in [7, 11) is -3.11. The normalized spacial score (nSPS) is 22.9. The zero-order valence-corrected chi connectivity index (χ0v) is 16.0. The summed E-state index contributed by atoms with van der Waals surface area (Å²) in [5, 5.41) is 6.20. The van der Waals surface area contributed by atoms with Gasteiger partial charge in [-0.05, 0) is 53.4 Å². The van der Waals surface area contributed by atoms with E-state index >= 15 is 0 Å². The minimum absolute atomic E-state index is 0.228. The van der Waals surface area contributed by atoms with Crippen LogP contribution in [0.15, 0.2) is 0 Å². The Bertz CT molecular complexity index is 509. The van der Waals surface area contributed by atoms with Crippen LogP contribution >= 0.6 is 0 Å². The van der Waals surface area contributed by atoms with E-state index in [9.17, 15) is 13.2 Å². The van der Waals surface area contributed by atoms with Crippen molar-refractivity contribution in [2.24, 2.45) is 5.92 Å². The number of rotatable bonds is 6. The number of hydrogen-bond donors (Lipinski definition) is 2. The highest BCUT2D eigenvalue weighted by Gasteiger charge is 2.34. The highest BCUT2D eigenvalue weighted by atomic mass is 32.2. The molecule has 2 unspecified atom stereocenters. The second-order valence-electron chi connectivity index (χ2n) is 8.09. The number of amides is 1. The monoisotopic (exact) mass is 348 g/mol. The van der Waals surface area contributed by atoms with Crippen molar-refractivity contribution in [3.8, 4) is 0 Å². The molecule has 7 heteroatoms. The molecule has 0 saturated heterocycles. The highest BCUT2D eigenvalue weighted by molar-refractivity contribution is 7.92. The Morgan fingerprint density at radius 2 is 1.78 bits per heavy atom. The Balaban J connectivity index is 2.47. The van der Waals surface area contributed by atoms with Crippen LogP contribution in [0.1, 0.15) is 53.9 Å². The Labute approximate surface area is 140 Å². The molecule has 1 aliphatic carbocycles. The second kappa shape index (κ2) is 7.38. The smallest absolute Gasteiger partial charge is 0.407 e. The number of ether oxygens (including phenoxy) is 1. The molecule has 0 spiro atoms. The maximum atomic E-state index is 11.8. The van der Waals surface area contributed by atoms with Crippen LogP contribution in [0.25, 0.3) is 0 Å². The minimum atomic E-state index is -3.11. The summed E-state index contributed by atoms with van der Waals surface area (Å²) in [4.78, 5) is 11.7. The van der Waals surface area contributed by atoms with Crippen molar-refractivity contribution in [2.45, 2.75) is 70.3 Å². The molecule has 136 valence electrons. The van der Waals surface area contributed by atoms with Crippen molar-refractivity contribution in [3.05, 3.63) is 0 Å². The summed E-state index contributed by atoms with van der Waals surface area (Å²) in [6.07, 6.45) is 3.97. The molecule has 1 rings (SSSR count). The number of nitrogens with one attached hydrogen (secondary N) is 2.